The molecule has 0 fully saturated rings. The van der Waals surface area contributed by atoms with Gasteiger partial charge in [0.05, 0.1) is 3.79 Å². The Hall–Kier alpha value is 0.0500. The van der Waals surface area contributed by atoms with E-state index in [1.165, 1.54) is 15.6 Å². The van der Waals surface area contributed by atoms with Gasteiger partial charge in [0.1, 0.15) is 4.90 Å². The maximum Gasteiger partial charge on any atom is 0.244 e. The molecule has 1 rings (SSSR count). The van der Waals surface area contributed by atoms with Gasteiger partial charge < -0.3 is 5.32 Å². The Kier molecular flexibility index (Phi) is 6.26. The molecule has 0 aliphatic carbocycles. The third-order valence-electron chi connectivity index (χ3n) is 2.57. The molecule has 4 nitrogen and oxygen atoms in total. The van der Waals surface area contributed by atoms with Crippen molar-refractivity contribution in [3.63, 3.8) is 0 Å². The fourth-order valence-electron chi connectivity index (χ4n) is 1.50. The number of rotatable bonds is 7. The monoisotopic (exact) mass is 354 g/mol. The van der Waals surface area contributed by atoms with Crippen LogP contribution >= 0.6 is 27.3 Å². The highest BCUT2D eigenvalue weighted by molar-refractivity contribution is 9.11. The van der Waals surface area contributed by atoms with Gasteiger partial charge in [-0.3, -0.25) is 0 Å². The molecule has 1 N–H and O–H groups in total. The molecule has 0 bridgehead atoms. The minimum Gasteiger partial charge on any atom is -0.315 e. The molecular formula is C11H19BrN2O2S2. The van der Waals surface area contributed by atoms with Crippen molar-refractivity contribution in [1.29, 1.82) is 0 Å². The predicted octanol–water partition coefficient (Wildman–Crippen LogP) is 2.65. The average molecular weight is 355 g/mol. The van der Waals surface area contributed by atoms with Gasteiger partial charge in [-0.2, -0.15) is 0 Å². The zero-order chi connectivity index (χ0) is 13.8. The van der Waals surface area contributed by atoms with Crippen molar-refractivity contribution in [1.82, 2.24) is 9.62 Å². The highest BCUT2D eigenvalue weighted by Gasteiger charge is 2.25. The third-order valence-corrected chi connectivity index (χ3v) is 6.68. The first-order valence-electron chi connectivity index (χ1n) is 5.82. The molecule has 0 aliphatic heterocycles. The molecule has 0 spiro atoms. The summed E-state index contributed by atoms with van der Waals surface area (Å²) in [5.74, 6) is 0. The van der Waals surface area contributed by atoms with Crippen molar-refractivity contribution in [2.45, 2.75) is 31.2 Å². The van der Waals surface area contributed by atoms with Gasteiger partial charge in [0.25, 0.3) is 0 Å². The number of sulfonamides is 1. The summed E-state index contributed by atoms with van der Waals surface area (Å²) in [7, 11) is 0.104. The van der Waals surface area contributed by atoms with Crippen molar-refractivity contribution in [2.24, 2.45) is 0 Å². The Bertz CT molecular complexity index is 485. The molecule has 1 aromatic rings. The van der Waals surface area contributed by atoms with Crippen molar-refractivity contribution in [3.8, 4) is 0 Å². The first-order valence-corrected chi connectivity index (χ1v) is 8.87. The topological polar surface area (TPSA) is 49.4 Å². The van der Waals surface area contributed by atoms with Gasteiger partial charge in [0, 0.05) is 25.0 Å². The van der Waals surface area contributed by atoms with E-state index < -0.39 is 10.0 Å². The van der Waals surface area contributed by atoms with Crippen LogP contribution in [0.5, 0.6) is 0 Å². The summed E-state index contributed by atoms with van der Waals surface area (Å²) in [5.41, 5.74) is 0. The molecule has 0 amide bonds. The molecule has 0 aromatic carbocycles. The Morgan fingerprint density at radius 1 is 1.50 bits per heavy atom. The molecule has 0 radical (unpaired) electrons. The van der Waals surface area contributed by atoms with Crippen LogP contribution in [0.3, 0.4) is 0 Å². The Labute approximate surface area is 122 Å². The second-order valence-corrected chi connectivity index (χ2v) is 8.53. The van der Waals surface area contributed by atoms with Crippen molar-refractivity contribution in [2.75, 3.05) is 20.6 Å². The molecule has 0 atom stereocenters. The van der Waals surface area contributed by atoms with E-state index in [0.717, 1.165) is 17.7 Å². The van der Waals surface area contributed by atoms with Crippen LogP contribution in [0.1, 0.15) is 24.6 Å². The largest absolute Gasteiger partial charge is 0.315 e. The van der Waals surface area contributed by atoms with Crippen LogP contribution in [-0.2, 0) is 16.6 Å². The highest BCUT2D eigenvalue weighted by atomic mass is 79.9. The van der Waals surface area contributed by atoms with Crippen molar-refractivity contribution >= 4 is 37.3 Å². The maximum atomic E-state index is 12.4. The smallest absolute Gasteiger partial charge is 0.244 e. The predicted molar refractivity (Wildman–Crippen MR) is 79.5 cm³/mol. The van der Waals surface area contributed by atoms with E-state index in [-0.39, 0.29) is 0 Å². The molecule has 1 aromatic heterocycles. The van der Waals surface area contributed by atoms with Gasteiger partial charge >= 0.3 is 0 Å². The molecule has 0 saturated heterocycles. The number of nitrogens with one attached hydrogen (secondary N) is 1. The summed E-state index contributed by atoms with van der Waals surface area (Å²) in [5, 5.41) is 3.02. The molecule has 104 valence electrons. The Morgan fingerprint density at radius 2 is 2.17 bits per heavy atom. The van der Waals surface area contributed by atoms with Crippen LogP contribution in [0, 0.1) is 0 Å². The van der Waals surface area contributed by atoms with Crippen LogP contribution in [0.25, 0.3) is 0 Å². The standard InChI is InChI=1S/C11H19BrN2O2S2/c1-4-5-6-14(3)18(15,16)10-7-9(8-13-2)17-11(10)12/h7,13H,4-6,8H2,1-3H3. The number of unbranched alkanes of at least 4 members (excludes halogenated alkanes) is 1. The minimum absolute atomic E-state index is 0.372. The lowest BCUT2D eigenvalue weighted by Gasteiger charge is -2.16. The number of nitrogens with zero attached hydrogens (tertiary/aromatic N) is 1. The average Bonchev–Trinajstić information content (AvgIpc) is 2.68. The van der Waals surface area contributed by atoms with Gasteiger partial charge in [0.15, 0.2) is 0 Å². The van der Waals surface area contributed by atoms with E-state index in [2.05, 4.69) is 21.2 Å². The van der Waals surface area contributed by atoms with Crippen molar-refractivity contribution in [3.05, 3.63) is 14.7 Å². The van der Waals surface area contributed by atoms with Crippen LogP contribution in [-0.4, -0.2) is 33.4 Å². The molecule has 0 saturated carbocycles. The zero-order valence-electron chi connectivity index (χ0n) is 10.9. The van der Waals surface area contributed by atoms with E-state index in [1.807, 2.05) is 14.0 Å². The van der Waals surface area contributed by atoms with Gasteiger partial charge in [-0.15, -0.1) is 11.3 Å². The Morgan fingerprint density at radius 3 is 2.72 bits per heavy atom. The van der Waals surface area contributed by atoms with Crippen LogP contribution in [0.2, 0.25) is 0 Å². The summed E-state index contributed by atoms with van der Waals surface area (Å²) in [6.07, 6.45) is 1.86. The van der Waals surface area contributed by atoms with Gasteiger partial charge in [-0.25, -0.2) is 12.7 Å². The molecular weight excluding hydrogens is 336 g/mol. The number of hydrogen-bond acceptors (Lipinski definition) is 4. The SMILES string of the molecule is CCCCN(C)S(=O)(=O)c1cc(CNC)sc1Br. The molecule has 7 heteroatoms. The summed E-state index contributed by atoms with van der Waals surface area (Å²) in [4.78, 5) is 1.38. The lowest BCUT2D eigenvalue weighted by Crippen LogP contribution is -2.27. The minimum atomic E-state index is -3.37. The highest BCUT2D eigenvalue weighted by Crippen LogP contribution is 2.33. The fourth-order valence-corrected chi connectivity index (χ4v) is 5.35. The third kappa shape index (κ3) is 3.77. The molecule has 0 unspecified atom stereocenters. The van der Waals surface area contributed by atoms with E-state index in [1.54, 1.807) is 13.1 Å². The first-order chi connectivity index (χ1) is 8.43. The summed E-state index contributed by atoms with van der Waals surface area (Å²) in [6.45, 7) is 3.28. The lowest BCUT2D eigenvalue weighted by atomic mass is 10.3. The van der Waals surface area contributed by atoms with Crippen molar-refractivity contribution < 1.29 is 8.42 Å². The second kappa shape index (κ2) is 7.00. The molecule has 1 heterocycles. The molecule has 18 heavy (non-hydrogen) atoms. The zero-order valence-corrected chi connectivity index (χ0v) is 14.1. The van der Waals surface area contributed by atoms with Crippen LogP contribution in [0.15, 0.2) is 14.7 Å². The van der Waals surface area contributed by atoms with E-state index in [0.29, 0.717) is 21.8 Å². The van der Waals surface area contributed by atoms with E-state index in [9.17, 15) is 8.42 Å². The lowest BCUT2D eigenvalue weighted by molar-refractivity contribution is 0.459. The summed E-state index contributed by atoms with van der Waals surface area (Å²) < 4.78 is 26.8. The van der Waals surface area contributed by atoms with Gasteiger partial charge in [-0.1, -0.05) is 13.3 Å². The number of hydrogen-bond donors (Lipinski definition) is 1. The maximum absolute atomic E-state index is 12.4. The first kappa shape index (κ1) is 16.1. The second-order valence-electron chi connectivity index (χ2n) is 4.06. The summed E-state index contributed by atoms with van der Waals surface area (Å²) >= 11 is 4.80. The fraction of sp³-hybridized carbons (Fsp3) is 0.636. The number of halogens is 1. The number of thiophene rings is 1. The van der Waals surface area contributed by atoms with Gasteiger partial charge in [-0.05, 0) is 35.5 Å². The Balaban J connectivity index is 2.97. The van der Waals surface area contributed by atoms with E-state index >= 15 is 0 Å². The van der Waals surface area contributed by atoms with E-state index in [4.69, 9.17) is 0 Å². The quantitative estimate of drug-likeness (QED) is 0.818. The van der Waals surface area contributed by atoms with Gasteiger partial charge in [0.2, 0.25) is 10.0 Å². The van der Waals surface area contributed by atoms with Crippen LogP contribution in [0.4, 0.5) is 0 Å². The normalized spacial score (nSPS) is 12.3. The summed E-state index contributed by atoms with van der Waals surface area (Å²) in [6, 6.07) is 1.74. The van der Waals surface area contributed by atoms with Crippen LogP contribution < -0.4 is 5.32 Å². The molecule has 0 aliphatic rings.